The minimum Gasteiger partial charge on any atom is -0.368 e. The van der Waals surface area contributed by atoms with Crippen LogP contribution in [-0.4, -0.2) is 49.6 Å². The van der Waals surface area contributed by atoms with Crippen LogP contribution in [0.25, 0.3) is 0 Å². The van der Waals surface area contributed by atoms with Crippen LogP contribution in [0, 0.1) is 5.82 Å². The molecule has 0 bridgehead atoms. The molecular formula is C21H24FN3O. The summed E-state index contributed by atoms with van der Waals surface area (Å²) in [6.45, 7) is 5.60. The van der Waals surface area contributed by atoms with E-state index in [4.69, 9.17) is 0 Å². The van der Waals surface area contributed by atoms with Crippen LogP contribution in [0.2, 0.25) is 0 Å². The Hall–Kier alpha value is -2.56. The van der Waals surface area contributed by atoms with E-state index in [-0.39, 0.29) is 11.7 Å². The number of carbonyl (C=O) groups is 1. The van der Waals surface area contributed by atoms with Crippen LogP contribution in [-0.2, 0) is 11.2 Å². The number of nitrogens with zero attached hydrogens (tertiary/aromatic N) is 3. The summed E-state index contributed by atoms with van der Waals surface area (Å²) in [5.41, 5.74) is 3.54. The van der Waals surface area contributed by atoms with Gasteiger partial charge in [-0.2, -0.15) is 0 Å². The van der Waals surface area contributed by atoms with Crippen molar-refractivity contribution < 1.29 is 9.18 Å². The number of amides is 1. The maximum atomic E-state index is 13.1. The van der Waals surface area contributed by atoms with E-state index in [1.165, 1.54) is 23.4 Å². The third kappa shape index (κ3) is 3.26. The first-order valence-electron chi connectivity index (χ1n) is 9.24. The van der Waals surface area contributed by atoms with E-state index in [1.807, 2.05) is 11.0 Å². The maximum Gasteiger partial charge on any atom is 0.242 e. The summed E-state index contributed by atoms with van der Waals surface area (Å²) in [5.74, 6) is -0.0325. The van der Waals surface area contributed by atoms with Gasteiger partial charge in [-0.3, -0.25) is 4.79 Å². The second kappa shape index (κ2) is 6.98. The van der Waals surface area contributed by atoms with E-state index < -0.39 is 0 Å². The normalized spacial score (nSPS) is 19.6. The van der Waals surface area contributed by atoms with Crippen molar-refractivity contribution in [2.45, 2.75) is 19.4 Å². The molecule has 4 rings (SSSR count). The molecule has 0 aromatic heterocycles. The number of fused-ring (bicyclic) bond motifs is 1. The average molecular weight is 353 g/mol. The average Bonchev–Trinajstić information content (AvgIpc) is 2.98. The fraction of sp³-hybridized carbons (Fsp3) is 0.381. The molecule has 136 valence electrons. The summed E-state index contributed by atoms with van der Waals surface area (Å²) in [7, 11) is 0. The van der Waals surface area contributed by atoms with Crippen LogP contribution in [0.3, 0.4) is 0 Å². The standard InChI is InChI=1S/C21H24FN3O/c1-16-14-17-4-2-3-5-20(17)25(16)15-21(26)24-12-10-23(11-13-24)19-8-6-18(22)7-9-19/h2-9,16H,10-15H2,1H3/t16-/m0/s1. The molecule has 1 saturated heterocycles. The first kappa shape index (κ1) is 16.9. The second-order valence-electron chi connectivity index (χ2n) is 7.15. The Kier molecular flexibility index (Phi) is 4.53. The number of para-hydroxylation sites is 1. The van der Waals surface area contributed by atoms with Crippen LogP contribution >= 0.6 is 0 Å². The third-order valence-electron chi connectivity index (χ3n) is 5.48. The first-order valence-corrected chi connectivity index (χ1v) is 9.24. The number of halogens is 1. The molecule has 0 aliphatic carbocycles. The predicted molar refractivity (Wildman–Crippen MR) is 102 cm³/mol. The van der Waals surface area contributed by atoms with Crippen molar-refractivity contribution in [1.29, 1.82) is 0 Å². The molecule has 0 spiro atoms. The molecule has 26 heavy (non-hydrogen) atoms. The zero-order valence-electron chi connectivity index (χ0n) is 15.1. The lowest BCUT2D eigenvalue weighted by atomic mass is 10.1. The first-order chi connectivity index (χ1) is 12.6. The molecule has 1 fully saturated rings. The van der Waals surface area contributed by atoms with Crippen LogP contribution in [0.1, 0.15) is 12.5 Å². The smallest absolute Gasteiger partial charge is 0.242 e. The van der Waals surface area contributed by atoms with Crippen molar-refractivity contribution in [2.24, 2.45) is 0 Å². The highest BCUT2D eigenvalue weighted by molar-refractivity contribution is 5.83. The Morgan fingerprint density at radius 1 is 1.04 bits per heavy atom. The molecular weight excluding hydrogens is 329 g/mol. The molecule has 4 nitrogen and oxygen atoms in total. The summed E-state index contributed by atoms with van der Waals surface area (Å²) >= 11 is 0. The van der Waals surface area contributed by atoms with E-state index >= 15 is 0 Å². The van der Waals surface area contributed by atoms with Gasteiger partial charge in [0.25, 0.3) is 0 Å². The largest absolute Gasteiger partial charge is 0.368 e. The Balaban J connectivity index is 1.36. The maximum absolute atomic E-state index is 13.1. The van der Waals surface area contributed by atoms with Crippen molar-refractivity contribution in [3.05, 3.63) is 59.9 Å². The summed E-state index contributed by atoms with van der Waals surface area (Å²) in [4.78, 5) is 19.2. The summed E-state index contributed by atoms with van der Waals surface area (Å²) in [6.07, 6.45) is 1.00. The monoisotopic (exact) mass is 353 g/mol. The number of anilines is 2. The number of rotatable bonds is 3. The van der Waals surface area contributed by atoms with E-state index in [1.54, 1.807) is 12.1 Å². The van der Waals surface area contributed by atoms with Gasteiger partial charge in [0.15, 0.2) is 0 Å². The molecule has 2 aromatic rings. The van der Waals surface area contributed by atoms with Gasteiger partial charge in [-0.05, 0) is 49.2 Å². The number of hydrogen-bond donors (Lipinski definition) is 0. The van der Waals surface area contributed by atoms with Crippen molar-refractivity contribution in [1.82, 2.24) is 4.90 Å². The lowest BCUT2D eigenvalue weighted by Crippen LogP contribution is -2.51. The molecule has 0 N–H and O–H groups in total. The van der Waals surface area contributed by atoms with Crippen LogP contribution in [0.4, 0.5) is 15.8 Å². The van der Waals surface area contributed by atoms with Crippen molar-refractivity contribution in [3.8, 4) is 0 Å². The Labute approximate surface area is 153 Å². The minimum atomic E-state index is -0.220. The molecule has 5 heteroatoms. The van der Waals surface area contributed by atoms with Gasteiger partial charge >= 0.3 is 0 Å². The van der Waals surface area contributed by atoms with Gasteiger partial charge in [-0.15, -0.1) is 0 Å². The highest BCUT2D eigenvalue weighted by Gasteiger charge is 2.29. The van der Waals surface area contributed by atoms with Crippen molar-refractivity contribution >= 4 is 17.3 Å². The molecule has 1 amide bonds. The van der Waals surface area contributed by atoms with Gasteiger partial charge in [0, 0.05) is 43.6 Å². The zero-order valence-corrected chi connectivity index (χ0v) is 15.1. The molecule has 2 aromatic carbocycles. The SMILES string of the molecule is C[C@H]1Cc2ccccc2N1CC(=O)N1CCN(c2ccc(F)cc2)CC1. The lowest BCUT2D eigenvalue weighted by molar-refractivity contribution is -0.130. The molecule has 0 radical (unpaired) electrons. The number of carbonyl (C=O) groups excluding carboxylic acids is 1. The van der Waals surface area contributed by atoms with E-state index in [0.717, 1.165) is 25.2 Å². The molecule has 2 heterocycles. The van der Waals surface area contributed by atoms with Crippen LogP contribution in [0.5, 0.6) is 0 Å². The van der Waals surface area contributed by atoms with Crippen LogP contribution in [0.15, 0.2) is 48.5 Å². The fourth-order valence-electron chi connectivity index (χ4n) is 3.98. The van der Waals surface area contributed by atoms with Crippen molar-refractivity contribution in [3.63, 3.8) is 0 Å². The van der Waals surface area contributed by atoms with Gasteiger partial charge < -0.3 is 14.7 Å². The van der Waals surface area contributed by atoms with Gasteiger partial charge in [-0.25, -0.2) is 4.39 Å². The van der Waals surface area contributed by atoms with Crippen LogP contribution < -0.4 is 9.80 Å². The van der Waals surface area contributed by atoms with Gasteiger partial charge in [0.2, 0.25) is 5.91 Å². The van der Waals surface area contributed by atoms with E-state index in [9.17, 15) is 9.18 Å². The zero-order chi connectivity index (χ0) is 18.1. The second-order valence-corrected chi connectivity index (χ2v) is 7.15. The fourth-order valence-corrected chi connectivity index (χ4v) is 3.98. The quantitative estimate of drug-likeness (QED) is 0.849. The van der Waals surface area contributed by atoms with Crippen molar-refractivity contribution in [2.75, 3.05) is 42.5 Å². The summed E-state index contributed by atoms with van der Waals surface area (Å²) in [5, 5.41) is 0. The Morgan fingerprint density at radius 2 is 1.73 bits per heavy atom. The lowest BCUT2D eigenvalue weighted by Gasteiger charge is -2.37. The summed E-state index contributed by atoms with van der Waals surface area (Å²) in [6, 6.07) is 15.3. The Bertz CT molecular complexity index is 784. The topological polar surface area (TPSA) is 26.8 Å². The van der Waals surface area contributed by atoms with Gasteiger partial charge in [0.1, 0.15) is 5.82 Å². The molecule has 0 unspecified atom stereocenters. The summed E-state index contributed by atoms with van der Waals surface area (Å²) < 4.78 is 13.1. The van der Waals surface area contributed by atoms with Gasteiger partial charge in [-0.1, -0.05) is 18.2 Å². The molecule has 1 atom stereocenters. The number of hydrogen-bond acceptors (Lipinski definition) is 3. The molecule has 2 aliphatic rings. The highest BCUT2D eigenvalue weighted by atomic mass is 19.1. The van der Waals surface area contributed by atoms with Gasteiger partial charge in [0.05, 0.1) is 6.54 Å². The van der Waals surface area contributed by atoms with E-state index in [2.05, 4.69) is 34.9 Å². The minimum absolute atomic E-state index is 0.187. The van der Waals surface area contributed by atoms with E-state index in [0.29, 0.717) is 25.7 Å². The number of piperazine rings is 1. The number of benzene rings is 2. The molecule has 2 aliphatic heterocycles. The third-order valence-corrected chi connectivity index (χ3v) is 5.48. The Morgan fingerprint density at radius 3 is 2.46 bits per heavy atom. The molecule has 0 saturated carbocycles. The predicted octanol–water partition coefficient (Wildman–Crippen LogP) is 2.93. The highest BCUT2D eigenvalue weighted by Crippen LogP contribution is 2.31.